The summed E-state index contributed by atoms with van der Waals surface area (Å²) in [4.78, 5) is 21.9. The molecule has 0 amide bonds. The summed E-state index contributed by atoms with van der Waals surface area (Å²) in [6.45, 7) is 8.71. The Hall–Kier alpha value is -0.880. The molecule has 3 rings (SSSR count). The second-order valence-corrected chi connectivity index (χ2v) is 7.59. The second-order valence-electron chi connectivity index (χ2n) is 6.61. The Balaban J connectivity index is 2.71. The molecule has 0 aromatic heterocycles. The minimum Gasteiger partial charge on any atom is -0.149 e. The van der Waals surface area contributed by atoms with Gasteiger partial charge >= 0.3 is 0 Å². The largest absolute Gasteiger partial charge is 0.160 e. The molecule has 0 spiro atoms. The van der Waals surface area contributed by atoms with Crippen molar-refractivity contribution < 1.29 is 0 Å². The highest BCUT2D eigenvalue weighted by atomic mass is 32.1. The Morgan fingerprint density at radius 2 is 1.14 bits per heavy atom. The molecule has 2 aliphatic carbocycles. The molecule has 0 heterocycles. The van der Waals surface area contributed by atoms with Crippen molar-refractivity contribution in [1.82, 2.24) is 0 Å². The number of nitroso groups, excluding NO2 is 2. The predicted octanol–water partition coefficient (Wildman–Crippen LogP) is 5.57. The van der Waals surface area contributed by atoms with Crippen molar-refractivity contribution >= 4 is 25.3 Å². The van der Waals surface area contributed by atoms with Gasteiger partial charge in [0.25, 0.3) is 0 Å². The van der Waals surface area contributed by atoms with E-state index in [1.54, 1.807) is 0 Å². The fraction of sp³-hybridized carbons (Fsp3) is 0.625. The van der Waals surface area contributed by atoms with Gasteiger partial charge < -0.3 is 0 Å². The van der Waals surface area contributed by atoms with Crippen molar-refractivity contribution in [2.24, 2.45) is 22.2 Å². The van der Waals surface area contributed by atoms with Gasteiger partial charge in [0.2, 0.25) is 0 Å². The first kappa shape index (κ1) is 17.5. The summed E-state index contributed by atoms with van der Waals surface area (Å²) in [5.74, 6) is 1.41. The molecule has 22 heavy (non-hydrogen) atoms. The molecule has 0 fully saturated rings. The van der Waals surface area contributed by atoms with Gasteiger partial charge in [-0.1, -0.05) is 50.2 Å². The highest BCUT2D eigenvalue weighted by Crippen LogP contribution is 2.54. The Morgan fingerprint density at radius 1 is 0.818 bits per heavy atom. The number of thiol groups is 2. The molecule has 2 bridgehead atoms. The highest BCUT2D eigenvalue weighted by Gasteiger charge is 2.40. The molecule has 4 atom stereocenters. The number of rotatable bonds is 6. The Kier molecular flexibility index (Phi) is 5.33. The monoisotopic (exact) mass is 338 g/mol. The zero-order chi connectivity index (χ0) is 16.6. The summed E-state index contributed by atoms with van der Waals surface area (Å²) in [6.07, 6.45) is 0. The molecule has 0 N–H and O–H groups in total. The molecule has 1 aromatic carbocycles. The maximum atomic E-state index is 10.9. The van der Waals surface area contributed by atoms with E-state index in [4.69, 9.17) is 0 Å². The van der Waals surface area contributed by atoms with E-state index in [1.807, 2.05) is 12.1 Å². The van der Waals surface area contributed by atoms with Gasteiger partial charge in [-0.15, -0.1) is 35.1 Å². The third-order valence-corrected chi connectivity index (χ3v) is 5.33. The van der Waals surface area contributed by atoms with E-state index in [-0.39, 0.29) is 0 Å². The van der Waals surface area contributed by atoms with Crippen LogP contribution >= 0.6 is 25.3 Å². The third-order valence-electron chi connectivity index (χ3n) is 4.59. The normalized spacial score (nSPS) is 22.9. The summed E-state index contributed by atoms with van der Waals surface area (Å²) in [6, 6.07) is 3.95. The van der Waals surface area contributed by atoms with Crippen molar-refractivity contribution in [1.29, 1.82) is 0 Å². The maximum Gasteiger partial charge on any atom is 0.160 e. The first-order valence-electron chi connectivity index (χ1n) is 7.52. The molecular weight excluding hydrogens is 316 g/mol. The molecule has 1 aromatic rings. The SMILES string of the molecule is CC(C)C1c2cc(C(S)N=O)c(cc2C(S)N=O)C1C(C)C. The standard InChI is InChI=1S/C16H22N2O2S2/c1-7(2)13-9-5-12(16(22)18-20)10(14(13)8(3)4)6-11(9)15(21)17-19/h5-8,13-16,21-22H,1-4H3. The molecule has 120 valence electrons. The third kappa shape index (κ3) is 2.83. The fourth-order valence-electron chi connectivity index (χ4n) is 3.74. The first-order valence-corrected chi connectivity index (χ1v) is 8.55. The quantitative estimate of drug-likeness (QED) is 0.526. The van der Waals surface area contributed by atoms with Crippen molar-refractivity contribution in [3.8, 4) is 0 Å². The molecule has 0 aliphatic heterocycles. The van der Waals surface area contributed by atoms with Gasteiger partial charge in [0.15, 0.2) is 10.7 Å². The van der Waals surface area contributed by atoms with Crippen LogP contribution in [-0.2, 0) is 0 Å². The minimum absolute atomic E-state index is 0.294. The lowest BCUT2D eigenvalue weighted by Gasteiger charge is -2.42. The van der Waals surface area contributed by atoms with Crippen LogP contribution in [0.4, 0.5) is 0 Å². The van der Waals surface area contributed by atoms with Gasteiger partial charge in [-0.25, -0.2) is 0 Å². The van der Waals surface area contributed by atoms with Gasteiger partial charge in [0, 0.05) is 0 Å². The Morgan fingerprint density at radius 3 is 1.36 bits per heavy atom. The molecule has 0 radical (unpaired) electrons. The average Bonchev–Trinajstić information content (AvgIpc) is 2.51. The summed E-state index contributed by atoms with van der Waals surface area (Å²) < 4.78 is 0. The Labute approximate surface area is 142 Å². The molecule has 4 unspecified atom stereocenters. The lowest BCUT2D eigenvalue weighted by molar-refractivity contribution is 0.334. The van der Waals surface area contributed by atoms with Gasteiger partial charge in [0.05, 0.1) is 0 Å². The van der Waals surface area contributed by atoms with Crippen molar-refractivity contribution in [2.75, 3.05) is 0 Å². The van der Waals surface area contributed by atoms with Gasteiger partial charge in [-0.05, 0) is 45.9 Å². The van der Waals surface area contributed by atoms with E-state index in [0.717, 1.165) is 22.3 Å². The number of fused-ring (bicyclic) bond motifs is 3. The molecular formula is C16H22N2O2S2. The van der Waals surface area contributed by atoms with E-state index < -0.39 is 10.7 Å². The lowest BCUT2D eigenvalue weighted by atomic mass is 9.63. The number of nitrogens with zero attached hydrogens (tertiary/aromatic N) is 2. The maximum absolute atomic E-state index is 10.9. The van der Waals surface area contributed by atoms with E-state index in [9.17, 15) is 9.81 Å². The average molecular weight is 338 g/mol. The highest BCUT2D eigenvalue weighted by molar-refractivity contribution is 7.80. The minimum atomic E-state index is -0.681. The zero-order valence-corrected chi connectivity index (χ0v) is 15.0. The summed E-state index contributed by atoms with van der Waals surface area (Å²) in [5.41, 5.74) is 3.81. The van der Waals surface area contributed by atoms with Gasteiger partial charge in [0.1, 0.15) is 0 Å². The van der Waals surface area contributed by atoms with Gasteiger partial charge in [-0.3, -0.25) is 0 Å². The first-order chi connectivity index (χ1) is 10.3. The summed E-state index contributed by atoms with van der Waals surface area (Å²) >= 11 is 8.57. The summed E-state index contributed by atoms with van der Waals surface area (Å²) in [7, 11) is 0. The second kappa shape index (κ2) is 6.71. The van der Waals surface area contributed by atoms with E-state index in [0.29, 0.717) is 23.7 Å². The molecule has 6 heteroatoms. The zero-order valence-electron chi connectivity index (χ0n) is 13.2. The van der Waals surface area contributed by atoms with E-state index in [1.165, 1.54) is 0 Å². The fourth-order valence-corrected chi connectivity index (χ4v) is 4.19. The van der Waals surface area contributed by atoms with Crippen LogP contribution in [-0.4, -0.2) is 0 Å². The number of hydrogen-bond donors (Lipinski definition) is 2. The van der Waals surface area contributed by atoms with E-state index in [2.05, 4.69) is 63.3 Å². The van der Waals surface area contributed by atoms with Crippen LogP contribution in [0.25, 0.3) is 0 Å². The van der Waals surface area contributed by atoms with E-state index >= 15 is 0 Å². The number of benzene rings is 1. The molecule has 0 saturated heterocycles. The predicted molar refractivity (Wildman–Crippen MR) is 96.6 cm³/mol. The van der Waals surface area contributed by atoms with Crippen LogP contribution in [0.15, 0.2) is 22.5 Å². The van der Waals surface area contributed by atoms with Crippen LogP contribution in [0.1, 0.15) is 72.5 Å². The molecule has 4 nitrogen and oxygen atoms in total. The van der Waals surface area contributed by atoms with Crippen LogP contribution in [0.3, 0.4) is 0 Å². The summed E-state index contributed by atoms with van der Waals surface area (Å²) in [5, 5.41) is 4.76. The Bertz CT molecular complexity index is 538. The van der Waals surface area contributed by atoms with Crippen LogP contribution < -0.4 is 0 Å². The lowest BCUT2D eigenvalue weighted by Crippen LogP contribution is -2.29. The number of hydrogen-bond acceptors (Lipinski definition) is 6. The molecule has 2 aliphatic rings. The van der Waals surface area contributed by atoms with Crippen molar-refractivity contribution in [3.05, 3.63) is 44.2 Å². The van der Waals surface area contributed by atoms with Crippen LogP contribution in [0.2, 0.25) is 0 Å². The van der Waals surface area contributed by atoms with Crippen LogP contribution in [0.5, 0.6) is 0 Å². The van der Waals surface area contributed by atoms with Gasteiger partial charge in [-0.2, -0.15) is 0 Å². The van der Waals surface area contributed by atoms with Crippen molar-refractivity contribution in [3.63, 3.8) is 0 Å². The van der Waals surface area contributed by atoms with Crippen LogP contribution in [0, 0.1) is 21.6 Å². The topological polar surface area (TPSA) is 58.9 Å². The molecule has 0 saturated carbocycles. The smallest absolute Gasteiger partial charge is 0.149 e. The van der Waals surface area contributed by atoms with Crippen molar-refractivity contribution in [2.45, 2.75) is 50.3 Å².